The summed E-state index contributed by atoms with van der Waals surface area (Å²) >= 11 is 0. The van der Waals surface area contributed by atoms with Crippen LogP contribution in [0, 0.1) is 6.92 Å². The van der Waals surface area contributed by atoms with Gasteiger partial charge in [0.05, 0.1) is 5.92 Å². The number of carbonyl (C=O) groups is 1. The van der Waals surface area contributed by atoms with Gasteiger partial charge in [0.15, 0.2) is 5.82 Å². The number of nitrogens with zero attached hydrogens (tertiary/aromatic N) is 3. The fourth-order valence-electron chi connectivity index (χ4n) is 3.59. The van der Waals surface area contributed by atoms with Crippen molar-refractivity contribution >= 4 is 5.91 Å². The fourth-order valence-corrected chi connectivity index (χ4v) is 3.59. The number of rotatable bonds is 5. The number of nitrogens with one attached hydrogen (secondary N) is 1. The van der Waals surface area contributed by atoms with Crippen molar-refractivity contribution in [1.82, 2.24) is 20.4 Å². The molecule has 1 aromatic carbocycles. The van der Waals surface area contributed by atoms with Crippen LogP contribution in [0.5, 0.6) is 0 Å². The summed E-state index contributed by atoms with van der Waals surface area (Å²) in [5.74, 6) is 1.65. The highest BCUT2D eigenvalue weighted by Gasteiger charge is 2.36. The Bertz CT molecular complexity index is 726. The zero-order chi connectivity index (χ0) is 17.2. The molecule has 1 saturated carbocycles. The van der Waals surface area contributed by atoms with Crippen LogP contribution in [0.2, 0.25) is 0 Å². The summed E-state index contributed by atoms with van der Waals surface area (Å²) in [5, 5.41) is 7.10. The summed E-state index contributed by atoms with van der Waals surface area (Å²) in [7, 11) is 0. The van der Waals surface area contributed by atoms with Gasteiger partial charge >= 0.3 is 0 Å². The molecule has 2 atom stereocenters. The average molecular weight is 340 g/mol. The third kappa shape index (κ3) is 3.74. The molecule has 1 aliphatic carbocycles. The van der Waals surface area contributed by atoms with E-state index in [-0.39, 0.29) is 17.9 Å². The highest BCUT2D eigenvalue weighted by molar-refractivity contribution is 5.83. The van der Waals surface area contributed by atoms with E-state index in [9.17, 15) is 4.79 Å². The maximum absolute atomic E-state index is 12.9. The van der Waals surface area contributed by atoms with Crippen molar-refractivity contribution in [3.05, 3.63) is 47.6 Å². The number of carbonyl (C=O) groups excluding carboxylic acids is 1. The van der Waals surface area contributed by atoms with Crippen molar-refractivity contribution in [2.24, 2.45) is 0 Å². The van der Waals surface area contributed by atoms with Gasteiger partial charge in [-0.1, -0.05) is 35.5 Å². The molecule has 1 saturated heterocycles. The third-order valence-electron chi connectivity index (χ3n) is 5.00. The van der Waals surface area contributed by atoms with Crippen LogP contribution in [0.25, 0.3) is 0 Å². The number of amides is 1. The van der Waals surface area contributed by atoms with Crippen LogP contribution in [0.1, 0.15) is 54.9 Å². The summed E-state index contributed by atoms with van der Waals surface area (Å²) in [6.45, 7) is 3.50. The molecule has 2 aliphatic rings. The molecule has 2 fully saturated rings. The molecule has 0 spiro atoms. The average Bonchev–Trinajstić information content (AvgIpc) is 3.33. The van der Waals surface area contributed by atoms with Gasteiger partial charge in [0.2, 0.25) is 11.8 Å². The largest absolute Gasteiger partial charge is 0.352 e. The molecule has 2 heterocycles. The van der Waals surface area contributed by atoms with Crippen molar-refractivity contribution in [3.63, 3.8) is 0 Å². The summed E-state index contributed by atoms with van der Waals surface area (Å²) in [5.41, 5.74) is 1.04. The lowest BCUT2D eigenvalue weighted by atomic mass is 9.94. The molecule has 4 rings (SSSR count). The van der Waals surface area contributed by atoms with E-state index in [4.69, 9.17) is 4.52 Å². The minimum atomic E-state index is -0.256. The van der Waals surface area contributed by atoms with E-state index < -0.39 is 0 Å². The number of hydrogen-bond acceptors (Lipinski definition) is 5. The second kappa shape index (κ2) is 6.96. The number of hydrogen-bond donors (Lipinski definition) is 1. The molecule has 0 bridgehead atoms. The Morgan fingerprint density at radius 2 is 2.08 bits per heavy atom. The zero-order valence-corrected chi connectivity index (χ0v) is 14.5. The Balaban J connectivity index is 1.56. The molecular formula is C19H24N4O2. The van der Waals surface area contributed by atoms with E-state index in [0.717, 1.165) is 44.3 Å². The first-order valence-electron chi connectivity index (χ1n) is 9.10. The highest BCUT2D eigenvalue weighted by Crippen LogP contribution is 2.32. The second-order valence-electron chi connectivity index (χ2n) is 7.11. The topological polar surface area (TPSA) is 71.3 Å². The first-order chi connectivity index (χ1) is 12.2. The predicted molar refractivity (Wildman–Crippen MR) is 92.9 cm³/mol. The molecule has 1 amide bonds. The first-order valence-corrected chi connectivity index (χ1v) is 9.10. The Labute approximate surface area is 147 Å². The molecule has 6 nitrogen and oxygen atoms in total. The molecule has 1 aromatic heterocycles. The highest BCUT2D eigenvalue weighted by atomic mass is 16.5. The molecular weight excluding hydrogens is 316 g/mol. The lowest BCUT2D eigenvalue weighted by molar-refractivity contribution is -0.127. The van der Waals surface area contributed by atoms with Gasteiger partial charge in [-0.25, -0.2) is 0 Å². The normalized spacial score (nSPS) is 22.5. The van der Waals surface area contributed by atoms with Crippen molar-refractivity contribution in [3.8, 4) is 0 Å². The quantitative estimate of drug-likeness (QED) is 0.906. The van der Waals surface area contributed by atoms with E-state index in [1.807, 2.05) is 37.3 Å². The molecule has 0 radical (unpaired) electrons. The molecule has 6 heteroatoms. The van der Waals surface area contributed by atoms with Crippen LogP contribution in [0.3, 0.4) is 0 Å². The standard InChI is InChI=1S/C19H24N4O2/c1-13-20-19(25-22-13)15-8-5-11-23(12-15)17(14-6-3-2-4-7-14)18(24)21-16-9-10-16/h2-4,6-7,15-17H,5,8-12H2,1H3,(H,21,24). The third-order valence-corrected chi connectivity index (χ3v) is 5.00. The lowest BCUT2D eigenvalue weighted by Crippen LogP contribution is -2.45. The van der Waals surface area contributed by atoms with Crippen LogP contribution in [0.15, 0.2) is 34.9 Å². The van der Waals surface area contributed by atoms with Gasteiger partial charge in [-0.05, 0) is 44.7 Å². The van der Waals surface area contributed by atoms with Gasteiger partial charge in [0.1, 0.15) is 6.04 Å². The number of piperidine rings is 1. The van der Waals surface area contributed by atoms with Crippen LogP contribution in [-0.4, -0.2) is 40.1 Å². The smallest absolute Gasteiger partial charge is 0.242 e. The van der Waals surface area contributed by atoms with Crippen molar-refractivity contribution in [2.45, 2.75) is 50.6 Å². The number of aromatic nitrogens is 2. The van der Waals surface area contributed by atoms with Crippen molar-refractivity contribution in [1.29, 1.82) is 0 Å². The van der Waals surface area contributed by atoms with Gasteiger partial charge in [0, 0.05) is 12.6 Å². The Hall–Kier alpha value is -2.21. The van der Waals surface area contributed by atoms with Gasteiger partial charge in [0.25, 0.3) is 0 Å². The summed E-state index contributed by atoms with van der Waals surface area (Å²) in [6.07, 6.45) is 4.23. The van der Waals surface area contributed by atoms with Gasteiger partial charge in [-0.3, -0.25) is 9.69 Å². The maximum atomic E-state index is 12.9. The molecule has 2 unspecified atom stereocenters. The second-order valence-corrected chi connectivity index (χ2v) is 7.11. The first kappa shape index (κ1) is 16.3. The van der Waals surface area contributed by atoms with Gasteiger partial charge in [-0.15, -0.1) is 0 Å². The van der Waals surface area contributed by atoms with E-state index in [2.05, 4.69) is 20.4 Å². The molecule has 1 N–H and O–H groups in total. The number of likely N-dealkylation sites (tertiary alicyclic amines) is 1. The summed E-state index contributed by atoms with van der Waals surface area (Å²) in [4.78, 5) is 19.6. The van der Waals surface area contributed by atoms with E-state index in [1.165, 1.54) is 0 Å². The Morgan fingerprint density at radius 1 is 1.28 bits per heavy atom. The van der Waals surface area contributed by atoms with E-state index in [0.29, 0.717) is 17.8 Å². The van der Waals surface area contributed by atoms with Crippen LogP contribution in [0.4, 0.5) is 0 Å². The monoisotopic (exact) mass is 340 g/mol. The van der Waals surface area contributed by atoms with Crippen LogP contribution >= 0.6 is 0 Å². The lowest BCUT2D eigenvalue weighted by Gasteiger charge is -2.36. The molecule has 25 heavy (non-hydrogen) atoms. The SMILES string of the molecule is Cc1noc(C2CCCN(C(C(=O)NC3CC3)c3ccccc3)C2)n1. The molecule has 2 aromatic rings. The predicted octanol–water partition coefficient (Wildman–Crippen LogP) is 2.58. The van der Waals surface area contributed by atoms with Gasteiger partial charge < -0.3 is 9.84 Å². The summed E-state index contributed by atoms with van der Waals surface area (Å²) in [6, 6.07) is 10.2. The molecule has 1 aliphatic heterocycles. The summed E-state index contributed by atoms with van der Waals surface area (Å²) < 4.78 is 5.38. The van der Waals surface area contributed by atoms with Crippen molar-refractivity contribution < 1.29 is 9.32 Å². The van der Waals surface area contributed by atoms with Crippen LogP contribution in [-0.2, 0) is 4.79 Å². The fraction of sp³-hybridized carbons (Fsp3) is 0.526. The number of aryl methyl sites for hydroxylation is 1. The Kier molecular flexibility index (Phi) is 4.53. The Morgan fingerprint density at radius 3 is 2.76 bits per heavy atom. The van der Waals surface area contributed by atoms with Crippen LogP contribution < -0.4 is 5.32 Å². The molecule has 132 valence electrons. The van der Waals surface area contributed by atoms with E-state index in [1.54, 1.807) is 0 Å². The minimum absolute atomic E-state index is 0.107. The van der Waals surface area contributed by atoms with Gasteiger partial charge in [-0.2, -0.15) is 4.98 Å². The maximum Gasteiger partial charge on any atom is 0.242 e. The number of benzene rings is 1. The van der Waals surface area contributed by atoms with Crippen molar-refractivity contribution in [2.75, 3.05) is 13.1 Å². The van der Waals surface area contributed by atoms with E-state index >= 15 is 0 Å². The zero-order valence-electron chi connectivity index (χ0n) is 14.5. The minimum Gasteiger partial charge on any atom is -0.352 e.